The zero-order valence-corrected chi connectivity index (χ0v) is 12.3. The van der Waals surface area contributed by atoms with Crippen LogP contribution in [0.15, 0.2) is 11.6 Å². The van der Waals surface area contributed by atoms with Crippen molar-refractivity contribution in [1.82, 2.24) is 5.32 Å². The summed E-state index contributed by atoms with van der Waals surface area (Å²) in [5.74, 6) is 4.16. The van der Waals surface area contributed by atoms with Crippen LogP contribution in [0.2, 0.25) is 0 Å². The van der Waals surface area contributed by atoms with Crippen LogP contribution >= 0.6 is 11.8 Å². The number of rotatable bonds is 4. The molecule has 1 aliphatic rings. The molecule has 0 aliphatic carbocycles. The van der Waals surface area contributed by atoms with Gasteiger partial charge in [0.2, 0.25) is 0 Å². The number of thioether (sulfide) groups is 1. The van der Waals surface area contributed by atoms with Gasteiger partial charge in [-0.2, -0.15) is 11.8 Å². The van der Waals surface area contributed by atoms with Crippen molar-refractivity contribution >= 4 is 11.8 Å². The van der Waals surface area contributed by atoms with Gasteiger partial charge in [0, 0.05) is 12.1 Å². The van der Waals surface area contributed by atoms with Crippen molar-refractivity contribution in [3.63, 3.8) is 0 Å². The second kappa shape index (κ2) is 6.11. The van der Waals surface area contributed by atoms with E-state index in [4.69, 9.17) is 0 Å². The highest BCUT2D eigenvalue weighted by Gasteiger charge is 2.16. The van der Waals surface area contributed by atoms with Crippen LogP contribution in [-0.4, -0.2) is 23.6 Å². The first kappa shape index (κ1) is 14.1. The first-order chi connectivity index (χ1) is 7.38. The summed E-state index contributed by atoms with van der Waals surface area (Å²) in [7, 11) is 0. The summed E-state index contributed by atoms with van der Waals surface area (Å²) in [5.41, 5.74) is 1.81. The Morgan fingerprint density at radius 2 is 2.12 bits per heavy atom. The lowest BCUT2D eigenvalue weighted by atomic mass is 9.96. The van der Waals surface area contributed by atoms with E-state index in [1.54, 1.807) is 5.57 Å². The number of allylic oxidation sites excluding steroid dienone is 1. The molecule has 0 saturated carbocycles. The first-order valence-electron chi connectivity index (χ1n) is 6.42. The fourth-order valence-corrected chi connectivity index (χ4v) is 3.01. The largest absolute Gasteiger partial charge is 0.308 e. The number of hydrogen-bond donors (Lipinski definition) is 1. The Morgan fingerprint density at radius 3 is 2.56 bits per heavy atom. The molecule has 1 unspecified atom stereocenters. The Balaban J connectivity index is 2.53. The van der Waals surface area contributed by atoms with Crippen LogP contribution in [-0.2, 0) is 0 Å². The topological polar surface area (TPSA) is 12.0 Å². The Kier molecular flexibility index (Phi) is 5.39. The van der Waals surface area contributed by atoms with E-state index >= 15 is 0 Å². The smallest absolute Gasteiger partial charge is 0.0172 e. The molecule has 0 amide bonds. The summed E-state index contributed by atoms with van der Waals surface area (Å²) >= 11 is 2.09. The van der Waals surface area contributed by atoms with Crippen LogP contribution in [0.25, 0.3) is 0 Å². The molecule has 1 fully saturated rings. The molecule has 16 heavy (non-hydrogen) atoms. The molecular formula is C14H27NS. The van der Waals surface area contributed by atoms with Gasteiger partial charge in [0.1, 0.15) is 0 Å². The Labute approximate surface area is 105 Å². The highest BCUT2D eigenvalue weighted by atomic mass is 32.2. The van der Waals surface area contributed by atoms with Gasteiger partial charge in [-0.3, -0.25) is 0 Å². The van der Waals surface area contributed by atoms with Crippen molar-refractivity contribution in [3.05, 3.63) is 11.6 Å². The molecule has 1 aliphatic heterocycles. The highest BCUT2D eigenvalue weighted by Crippen LogP contribution is 2.26. The monoisotopic (exact) mass is 241 g/mol. The summed E-state index contributed by atoms with van der Waals surface area (Å²) in [6.07, 6.45) is 3.90. The van der Waals surface area contributed by atoms with Crippen molar-refractivity contribution < 1.29 is 0 Å². The van der Waals surface area contributed by atoms with Crippen molar-refractivity contribution in [1.29, 1.82) is 0 Å². The maximum Gasteiger partial charge on any atom is 0.0172 e. The van der Waals surface area contributed by atoms with Crippen LogP contribution in [0.3, 0.4) is 0 Å². The third-order valence-electron chi connectivity index (χ3n) is 2.98. The summed E-state index contributed by atoms with van der Waals surface area (Å²) in [5, 5.41) is 3.60. The minimum absolute atomic E-state index is 0.221. The van der Waals surface area contributed by atoms with E-state index in [9.17, 15) is 0 Å². The van der Waals surface area contributed by atoms with E-state index in [0.717, 1.165) is 12.5 Å². The van der Waals surface area contributed by atoms with Gasteiger partial charge in [0.05, 0.1) is 0 Å². The average Bonchev–Trinajstić information content (AvgIpc) is 2.62. The van der Waals surface area contributed by atoms with Crippen LogP contribution in [0.4, 0.5) is 0 Å². The molecule has 94 valence electrons. The molecule has 1 saturated heterocycles. The Bertz CT molecular complexity index is 232. The van der Waals surface area contributed by atoms with Gasteiger partial charge in [-0.1, -0.05) is 25.5 Å². The number of nitrogens with one attached hydrogen (secondary N) is 1. The molecular weight excluding hydrogens is 214 g/mol. The molecule has 0 aromatic carbocycles. The zero-order chi connectivity index (χ0) is 12.2. The van der Waals surface area contributed by atoms with E-state index in [2.05, 4.69) is 57.8 Å². The van der Waals surface area contributed by atoms with E-state index < -0.39 is 0 Å². The summed E-state index contributed by atoms with van der Waals surface area (Å²) in [6.45, 7) is 12.3. The number of hydrogen-bond acceptors (Lipinski definition) is 2. The van der Waals surface area contributed by atoms with Crippen molar-refractivity contribution in [2.75, 3.05) is 18.1 Å². The molecule has 0 radical (unpaired) electrons. The van der Waals surface area contributed by atoms with Crippen LogP contribution in [0, 0.1) is 11.8 Å². The first-order valence-corrected chi connectivity index (χ1v) is 7.57. The third kappa shape index (κ3) is 5.40. The van der Waals surface area contributed by atoms with Gasteiger partial charge in [-0.25, -0.2) is 0 Å². The Morgan fingerprint density at radius 1 is 1.44 bits per heavy atom. The van der Waals surface area contributed by atoms with Crippen LogP contribution < -0.4 is 5.32 Å². The molecule has 1 N–H and O–H groups in total. The molecule has 0 spiro atoms. The van der Waals surface area contributed by atoms with Crippen LogP contribution in [0.5, 0.6) is 0 Å². The van der Waals surface area contributed by atoms with Crippen molar-refractivity contribution in [3.8, 4) is 0 Å². The van der Waals surface area contributed by atoms with E-state index in [0.29, 0.717) is 5.92 Å². The van der Waals surface area contributed by atoms with Gasteiger partial charge in [-0.15, -0.1) is 0 Å². The summed E-state index contributed by atoms with van der Waals surface area (Å²) < 4.78 is 0. The molecule has 2 heteroatoms. The summed E-state index contributed by atoms with van der Waals surface area (Å²) in [6, 6.07) is 0. The zero-order valence-electron chi connectivity index (χ0n) is 11.5. The van der Waals surface area contributed by atoms with Gasteiger partial charge >= 0.3 is 0 Å². The van der Waals surface area contributed by atoms with Crippen molar-refractivity contribution in [2.45, 2.75) is 46.6 Å². The van der Waals surface area contributed by atoms with E-state index in [-0.39, 0.29) is 5.54 Å². The normalized spacial score (nSPS) is 23.1. The van der Waals surface area contributed by atoms with Gasteiger partial charge in [0.15, 0.2) is 0 Å². The second-order valence-corrected chi connectivity index (χ2v) is 7.27. The second-order valence-electron chi connectivity index (χ2n) is 6.12. The minimum Gasteiger partial charge on any atom is -0.308 e. The molecule has 0 aromatic rings. The lowest BCUT2D eigenvalue weighted by Crippen LogP contribution is -2.37. The lowest BCUT2D eigenvalue weighted by Gasteiger charge is -2.23. The van der Waals surface area contributed by atoms with Gasteiger partial charge in [0.25, 0.3) is 0 Å². The molecule has 1 heterocycles. The standard InChI is InChI=1S/C14H27NS/c1-11(2)13(9-15-14(3,4)5)8-12-6-7-16-10-12/h8,11-12,15H,6-7,9-10H2,1-5H3. The average molecular weight is 241 g/mol. The molecule has 1 rings (SSSR count). The van der Waals surface area contributed by atoms with E-state index in [1.807, 2.05) is 0 Å². The maximum absolute atomic E-state index is 3.60. The SMILES string of the molecule is CC(C)C(=CC1CCSC1)CNC(C)(C)C. The molecule has 0 aromatic heterocycles. The van der Waals surface area contributed by atoms with Gasteiger partial charge < -0.3 is 5.32 Å². The predicted octanol–water partition coefficient (Wildman–Crippen LogP) is 3.71. The van der Waals surface area contributed by atoms with Crippen molar-refractivity contribution in [2.24, 2.45) is 11.8 Å². The van der Waals surface area contributed by atoms with E-state index in [1.165, 1.54) is 17.9 Å². The Hall–Kier alpha value is 0.0500. The van der Waals surface area contributed by atoms with Crippen LogP contribution in [0.1, 0.15) is 41.0 Å². The molecule has 1 atom stereocenters. The fourth-order valence-electron chi connectivity index (χ4n) is 1.81. The summed E-state index contributed by atoms with van der Waals surface area (Å²) in [4.78, 5) is 0. The highest BCUT2D eigenvalue weighted by molar-refractivity contribution is 7.99. The fraction of sp³-hybridized carbons (Fsp3) is 0.857. The molecule has 1 nitrogen and oxygen atoms in total. The quantitative estimate of drug-likeness (QED) is 0.753. The van der Waals surface area contributed by atoms with Gasteiger partial charge in [-0.05, 0) is 50.5 Å². The molecule has 0 bridgehead atoms. The maximum atomic E-state index is 3.60. The predicted molar refractivity (Wildman–Crippen MR) is 76.1 cm³/mol. The third-order valence-corrected chi connectivity index (χ3v) is 4.17. The lowest BCUT2D eigenvalue weighted by molar-refractivity contribution is 0.435. The minimum atomic E-state index is 0.221.